The zero-order valence-corrected chi connectivity index (χ0v) is 29.1. The van der Waals surface area contributed by atoms with Crippen LogP contribution in [0, 0.1) is 0 Å². The lowest BCUT2D eigenvalue weighted by atomic mass is 9.96. The number of benzene rings is 8. The molecule has 0 bridgehead atoms. The van der Waals surface area contributed by atoms with Gasteiger partial charge >= 0.3 is 0 Å². The normalized spacial score (nSPS) is 12.2. The number of para-hydroxylation sites is 3. The maximum Gasteiger partial charge on any atom is 0.200 e. The molecule has 0 amide bonds. The molecule has 246 valence electrons. The Balaban J connectivity index is 0.967. The molecule has 0 aliphatic heterocycles. The molecule has 4 heterocycles. The fraction of sp³-hybridized carbons (Fsp3) is 0. The zero-order valence-electron chi connectivity index (χ0n) is 28.3. The highest BCUT2D eigenvalue weighted by Crippen LogP contribution is 2.42. The highest BCUT2D eigenvalue weighted by Gasteiger charge is 2.18. The molecule has 8 aromatic carbocycles. The van der Waals surface area contributed by atoms with Gasteiger partial charge in [-0.3, -0.25) is 4.79 Å². The van der Waals surface area contributed by atoms with Gasteiger partial charge in [0.15, 0.2) is 0 Å². The lowest BCUT2D eigenvalue weighted by Gasteiger charge is -2.08. The summed E-state index contributed by atoms with van der Waals surface area (Å²) in [6.07, 6.45) is 0. The number of aromatic nitrogens is 1. The van der Waals surface area contributed by atoms with Crippen LogP contribution >= 0.6 is 11.3 Å². The van der Waals surface area contributed by atoms with E-state index < -0.39 is 0 Å². The predicted molar refractivity (Wildman–Crippen MR) is 224 cm³/mol. The quantitative estimate of drug-likeness (QED) is 0.173. The van der Waals surface area contributed by atoms with Gasteiger partial charge in [0, 0.05) is 41.7 Å². The molecule has 4 aromatic heterocycles. The van der Waals surface area contributed by atoms with Crippen molar-refractivity contribution in [3.8, 4) is 33.4 Å². The van der Waals surface area contributed by atoms with Crippen LogP contribution in [-0.4, -0.2) is 4.40 Å². The second-order valence-electron chi connectivity index (χ2n) is 14.0. The van der Waals surface area contributed by atoms with Gasteiger partial charge in [-0.2, -0.15) is 0 Å². The van der Waals surface area contributed by atoms with Crippen LogP contribution < -0.4 is 5.43 Å². The van der Waals surface area contributed by atoms with E-state index in [1.807, 2.05) is 53.8 Å². The van der Waals surface area contributed by atoms with Crippen molar-refractivity contribution < 1.29 is 4.42 Å². The molecular formula is C49H27NO2S. The molecule has 0 spiro atoms. The van der Waals surface area contributed by atoms with Crippen LogP contribution in [0.4, 0.5) is 0 Å². The van der Waals surface area contributed by atoms with Gasteiger partial charge in [0.05, 0.1) is 27.3 Å². The number of fused-ring (bicyclic) bond motifs is 11. The molecule has 0 saturated heterocycles. The Morgan fingerprint density at radius 1 is 0.377 bits per heavy atom. The van der Waals surface area contributed by atoms with Crippen molar-refractivity contribution in [2.45, 2.75) is 0 Å². The Morgan fingerprint density at radius 2 is 0.906 bits per heavy atom. The summed E-state index contributed by atoms with van der Waals surface area (Å²) in [6.45, 7) is 0. The molecule has 0 N–H and O–H groups in total. The molecule has 0 aliphatic carbocycles. The summed E-state index contributed by atoms with van der Waals surface area (Å²) >= 11 is 1.84. The minimum absolute atomic E-state index is 0.00508. The van der Waals surface area contributed by atoms with Gasteiger partial charge in [0.1, 0.15) is 11.2 Å². The van der Waals surface area contributed by atoms with Gasteiger partial charge in [-0.05, 0) is 100 Å². The number of hydrogen-bond donors (Lipinski definition) is 0. The van der Waals surface area contributed by atoms with E-state index in [-0.39, 0.29) is 5.43 Å². The third-order valence-corrected chi connectivity index (χ3v) is 12.3. The van der Waals surface area contributed by atoms with E-state index in [2.05, 4.69) is 126 Å². The molecule has 0 unspecified atom stereocenters. The van der Waals surface area contributed by atoms with E-state index >= 15 is 0 Å². The Labute approximate surface area is 306 Å². The standard InChI is InChI=1S/C49H27NO2S/c51-49-38-10-2-4-14-44(38)52-45-20-16-30(26-41(45)49)28-7-5-8-29(23-28)31-17-21-46-39(24-31)40-25-32(18-22-47(40)53-46)33-15-19-35-37-12-6-11-36-34-9-1-3-13-42(34)50(48(36)37)43(35)27-33/h1-27H. The number of thiophene rings is 1. The maximum absolute atomic E-state index is 13.4. The summed E-state index contributed by atoms with van der Waals surface area (Å²) in [6, 6.07) is 58.0. The fourth-order valence-electron chi connectivity index (χ4n) is 8.61. The highest BCUT2D eigenvalue weighted by molar-refractivity contribution is 7.25. The number of nitrogens with zero attached hydrogens (tertiary/aromatic N) is 1. The van der Waals surface area contributed by atoms with Crippen molar-refractivity contribution in [3.63, 3.8) is 0 Å². The van der Waals surface area contributed by atoms with Crippen molar-refractivity contribution in [2.75, 3.05) is 0 Å². The van der Waals surface area contributed by atoms with Crippen LogP contribution in [0.1, 0.15) is 0 Å². The van der Waals surface area contributed by atoms with Crippen LogP contribution in [0.3, 0.4) is 0 Å². The van der Waals surface area contributed by atoms with Crippen molar-refractivity contribution in [3.05, 3.63) is 174 Å². The number of rotatable bonds is 3. The molecular weight excluding hydrogens is 667 g/mol. The molecule has 0 atom stereocenters. The van der Waals surface area contributed by atoms with E-state index in [9.17, 15) is 4.79 Å². The minimum Gasteiger partial charge on any atom is -0.456 e. The topological polar surface area (TPSA) is 34.6 Å². The van der Waals surface area contributed by atoms with Gasteiger partial charge in [0.25, 0.3) is 0 Å². The van der Waals surface area contributed by atoms with Crippen LogP contribution in [0.2, 0.25) is 0 Å². The second kappa shape index (κ2) is 10.6. The summed E-state index contributed by atoms with van der Waals surface area (Å²) in [5, 5.41) is 8.92. The van der Waals surface area contributed by atoms with Gasteiger partial charge in [-0.25, -0.2) is 0 Å². The first-order valence-corrected chi connectivity index (χ1v) is 18.7. The monoisotopic (exact) mass is 693 g/mol. The van der Waals surface area contributed by atoms with Crippen LogP contribution in [0.5, 0.6) is 0 Å². The Kier molecular flexibility index (Phi) is 5.80. The van der Waals surface area contributed by atoms with Crippen LogP contribution in [0.25, 0.3) is 114 Å². The second-order valence-corrected chi connectivity index (χ2v) is 15.1. The fourth-order valence-corrected chi connectivity index (χ4v) is 9.67. The van der Waals surface area contributed by atoms with Gasteiger partial charge < -0.3 is 8.82 Å². The van der Waals surface area contributed by atoms with Crippen LogP contribution in [-0.2, 0) is 0 Å². The van der Waals surface area contributed by atoms with Crippen LogP contribution in [0.15, 0.2) is 173 Å². The van der Waals surface area contributed by atoms with E-state index in [0.29, 0.717) is 21.9 Å². The van der Waals surface area contributed by atoms with E-state index in [0.717, 1.165) is 22.3 Å². The molecule has 3 nitrogen and oxygen atoms in total. The van der Waals surface area contributed by atoms with Gasteiger partial charge in [-0.15, -0.1) is 11.3 Å². The summed E-state index contributed by atoms with van der Waals surface area (Å²) < 4.78 is 11.1. The molecule has 0 saturated carbocycles. The minimum atomic E-state index is -0.00508. The van der Waals surface area contributed by atoms with Gasteiger partial charge in [0.2, 0.25) is 5.43 Å². The summed E-state index contributed by atoms with van der Waals surface area (Å²) in [7, 11) is 0. The Hall–Kier alpha value is -6.75. The first-order valence-electron chi connectivity index (χ1n) is 17.9. The molecule has 12 rings (SSSR count). The number of hydrogen-bond acceptors (Lipinski definition) is 3. The van der Waals surface area contributed by atoms with E-state index in [1.165, 1.54) is 69.4 Å². The molecule has 0 fully saturated rings. The van der Waals surface area contributed by atoms with Crippen molar-refractivity contribution in [2.24, 2.45) is 0 Å². The third-order valence-electron chi connectivity index (χ3n) is 11.1. The van der Waals surface area contributed by atoms with E-state index in [4.69, 9.17) is 4.42 Å². The largest absolute Gasteiger partial charge is 0.456 e. The zero-order chi connectivity index (χ0) is 34.8. The summed E-state index contributed by atoms with van der Waals surface area (Å²) in [5.41, 5.74) is 11.8. The Morgan fingerprint density at radius 3 is 1.66 bits per heavy atom. The smallest absolute Gasteiger partial charge is 0.200 e. The van der Waals surface area contributed by atoms with Gasteiger partial charge in [-0.1, -0.05) is 97.1 Å². The Bertz CT molecular complexity index is 3550. The molecule has 0 aliphatic rings. The van der Waals surface area contributed by atoms with Crippen molar-refractivity contribution in [1.82, 2.24) is 4.40 Å². The molecule has 53 heavy (non-hydrogen) atoms. The molecule has 0 radical (unpaired) electrons. The first kappa shape index (κ1) is 28.9. The SMILES string of the molecule is O=c1c2ccccc2oc2ccc(-c3cccc(-c4ccc5sc6ccc(-c7ccc8c9cccc%10c%11ccccc%11n(c8c7)c%109)cc6c5c4)c3)cc12. The highest BCUT2D eigenvalue weighted by atomic mass is 32.1. The maximum atomic E-state index is 13.4. The average Bonchev–Trinajstić information content (AvgIpc) is 3.87. The first-order chi connectivity index (χ1) is 26.2. The predicted octanol–water partition coefficient (Wildman–Crippen LogP) is 13.5. The summed E-state index contributed by atoms with van der Waals surface area (Å²) in [5.74, 6) is 0. The molecule has 12 aromatic rings. The van der Waals surface area contributed by atoms with Crippen molar-refractivity contribution >= 4 is 91.5 Å². The average molecular weight is 694 g/mol. The lowest BCUT2D eigenvalue weighted by molar-refractivity contribution is 0.660. The summed E-state index contributed by atoms with van der Waals surface area (Å²) in [4.78, 5) is 13.4. The lowest BCUT2D eigenvalue weighted by Crippen LogP contribution is -2.01. The third kappa shape index (κ3) is 4.12. The molecule has 4 heteroatoms. The van der Waals surface area contributed by atoms with E-state index in [1.54, 1.807) is 0 Å². The van der Waals surface area contributed by atoms with Crippen molar-refractivity contribution in [1.29, 1.82) is 0 Å².